The molecule has 0 aliphatic carbocycles. The third-order valence-electron chi connectivity index (χ3n) is 2.77. The van der Waals surface area contributed by atoms with Gasteiger partial charge in [-0.25, -0.2) is 0 Å². The van der Waals surface area contributed by atoms with E-state index in [1.54, 1.807) is 0 Å². The van der Waals surface area contributed by atoms with Crippen LogP contribution in [0.1, 0.15) is 11.1 Å². The minimum absolute atomic E-state index is 0.136. The first kappa shape index (κ1) is 16.3. The van der Waals surface area contributed by atoms with Crippen molar-refractivity contribution in [3.05, 3.63) is 53.9 Å². The molecule has 0 saturated heterocycles. The van der Waals surface area contributed by atoms with Gasteiger partial charge in [0.05, 0.1) is 16.8 Å². The number of alkyl halides is 3. The first-order valence-corrected chi connectivity index (χ1v) is 6.35. The third-order valence-corrected chi connectivity index (χ3v) is 2.77. The number of para-hydroxylation sites is 1. The number of nitriles is 1. The Kier molecular flexibility index (Phi) is 4.81. The van der Waals surface area contributed by atoms with Gasteiger partial charge in [0.1, 0.15) is 11.8 Å². The van der Waals surface area contributed by atoms with E-state index in [0.717, 1.165) is 12.1 Å². The van der Waals surface area contributed by atoms with Crippen molar-refractivity contribution >= 4 is 11.6 Å². The van der Waals surface area contributed by atoms with Crippen molar-refractivity contribution in [3.8, 4) is 11.8 Å². The highest BCUT2D eigenvalue weighted by Crippen LogP contribution is 2.35. The number of amides is 1. The molecule has 0 radical (unpaired) electrons. The van der Waals surface area contributed by atoms with E-state index in [-0.39, 0.29) is 11.3 Å². The summed E-state index contributed by atoms with van der Waals surface area (Å²) in [7, 11) is 0. The molecule has 1 amide bonds. The minimum Gasteiger partial charge on any atom is -0.483 e. The van der Waals surface area contributed by atoms with Gasteiger partial charge in [0.15, 0.2) is 6.61 Å². The van der Waals surface area contributed by atoms with Crippen LogP contribution in [0.4, 0.5) is 18.9 Å². The monoisotopic (exact) mass is 321 g/mol. The van der Waals surface area contributed by atoms with E-state index in [2.05, 4.69) is 10.3 Å². The average Bonchev–Trinajstić information content (AvgIpc) is 2.53. The Morgan fingerprint density at radius 3 is 2.74 bits per heavy atom. The van der Waals surface area contributed by atoms with Crippen molar-refractivity contribution < 1.29 is 22.7 Å². The standard InChI is InChI=1S/C15H10F3N3O2/c16-15(17,18)11-3-1-2-4-13(11)23-9-14(22)21-12-5-6-20-8-10(12)7-19/h1-6,8H,9H2,(H,20,21,22). The molecule has 5 nitrogen and oxygen atoms in total. The molecule has 0 spiro atoms. The lowest BCUT2D eigenvalue weighted by molar-refractivity contribution is -0.139. The molecule has 0 fully saturated rings. The summed E-state index contributed by atoms with van der Waals surface area (Å²) >= 11 is 0. The van der Waals surface area contributed by atoms with Gasteiger partial charge in [-0.2, -0.15) is 18.4 Å². The van der Waals surface area contributed by atoms with Crippen LogP contribution in [0.2, 0.25) is 0 Å². The van der Waals surface area contributed by atoms with E-state index in [4.69, 9.17) is 10.00 Å². The Bertz CT molecular complexity index is 754. The molecule has 1 aromatic heterocycles. The summed E-state index contributed by atoms with van der Waals surface area (Å²) in [4.78, 5) is 15.5. The molecule has 0 bridgehead atoms. The number of hydrogen-bond donors (Lipinski definition) is 1. The van der Waals surface area contributed by atoms with Gasteiger partial charge < -0.3 is 10.1 Å². The van der Waals surface area contributed by atoms with Gasteiger partial charge in [0, 0.05) is 12.4 Å². The quantitative estimate of drug-likeness (QED) is 0.939. The highest BCUT2D eigenvalue weighted by molar-refractivity contribution is 5.93. The zero-order valence-corrected chi connectivity index (χ0v) is 11.6. The molecule has 1 aromatic carbocycles. The maximum Gasteiger partial charge on any atom is 0.419 e. The topological polar surface area (TPSA) is 75.0 Å². The van der Waals surface area contributed by atoms with Crippen molar-refractivity contribution in [3.63, 3.8) is 0 Å². The average molecular weight is 321 g/mol. The lowest BCUT2D eigenvalue weighted by atomic mass is 10.2. The van der Waals surface area contributed by atoms with Gasteiger partial charge in [-0.15, -0.1) is 0 Å². The second-order valence-electron chi connectivity index (χ2n) is 4.36. The number of rotatable bonds is 4. The van der Waals surface area contributed by atoms with Gasteiger partial charge in [-0.3, -0.25) is 9.78 Å². The van der Waals surface area contributed by atoms with Gasteiger partial charge in [0.25, 0.3) is 5.91 Å². The maximum absolute atomic E-state index is 12.8. The van der Waals surface area contributed by atoms with E-state index in [0.29, 0.717) is 0 Å². The van der Waals surface area contributed by atoms with E-state index >= 15 is 0 Å². The van der Waals surface area contributed by atoms with Gasteiger partial charge >= 0.3 is 6.18 Å². The van der Waals surface area contributed by atoms with Crippen molar-refractivity contribution in [2.45, 2.75) is 6.18 Å². The van der Waals surface area contributed by atoms with Gasteiger partial charge in [-0.05, 0) is 18.2 Å². The first-order valence-electron chi connectivity index (χ1n) is 6.35. The number of ether oxygens (including phenoxy) is 1. The minimum atomic E-state index is -4.58. The first-order chi connectivity index (χ1) is 10.9. The molecule has 0 aliphatic rings. The van der Waals surface area contributed by atoms with Crippen molar-refractivity contribution in [1.82, 2.24) is 4.98 Å². The van der Waals surface area contributed by atoms with Crippen LogP contribution in [0.3, 0.4) is 0 Å². The molecule has 8 heteroatoms. The summed E-state index contributed by atoms with van der Waals surface area (Å²) in [5.74, 6) is -1.13. The Morgan fingerprint density at radius 2 is 2.04 bits per heavy atom. The number of pyridine rings is 1. The molecule has 0 unspecified atom stereocenters. The van der Waals surface area contributed by atoms with Crippen LogP contribution in [-0.2, 0) is 11.0 Å². The molecule has 1 heterocycles. The fourth-order valence-corrected chi connectivity index (χ4v) is 1.75. The van der Waals surface area contributed by atoms with Crippen LogP contribution in [-0.4, -0.2) is 17.5 Å². The molecule has 23 heavy (non-hydrogen) atoms. The van der Waals surface area contributed by atoms with Gasteiger partial charge in [-0.1, -0.05) is 12.1 Å². The normalized spacial score (nSPS) is 10.7. The lowest BCUT2D eigenvalue weighted by Crippen LogP contribution is -2.21. The van der Waals surface area contributed by atoms with Crippen molar-refractivity contribution in [2.24, 2.45) is 0 Å². The zero-order valence-electron chi connectivity index (χ0n) is 11.6. The Morgan fingerprint density at radius 1 is 1.30 bits per heavy atom. The van der Waals surface area contributed by atoms with Crippen LogP contribution in [0.5, 0.6) is 5.75 Å². The predicted octanol–water partition coefficient (Wildman–Crippen LogP) is 2.99. The second-order valence-corrected chi connectivity index (χ2v) is 4.36. The number of nitrogens with one attached hydrogen (secondary N) is 1. The molecule has 1 N–H and O–H groups in total. The molecule has 2 aromatic rings. The van der Waals surface area contributed by atoms with E-state index < -0.39 is 30.0 Å². The van der Waals surface area contributed by atoms with Crippen molar-refractivity contribution in [1.29, 1.82) is 5.26 Å². The number of aromatic nitrogens is 1. The molecule has 2 rings (SSSR count). The summed E-state index contributed by atoms with van der Waals surface area (Å²) in [5, 5.41) is 11.2. The van der Waals surface area contributed by atoms with E-state index in [1.165, 1.54) is 30.6 Å². The van der Waals surface area contributed by atoms with Crippen molar-refractivity contribution in [2.75, 3.05) is 11.9 Å². The largest absolute Gasteiger partial charge is 0.483 e. The fraction of sp³-hybridized carbons (Fsp3) is 0.133. The molecule has 0 aliphatic heterocycles. The summed E-state index contributed by atoms with van der Waals surface area (Å²) in [6.45, 7) is -0.625. The second kappa shape index (κ2) is 6.79. The third kappa shape index (κ3) is 4.20. The Hall–Kier alpha value is -3.08. The van der Waals surface area contributed by atoms with Crippen LogP contribution in [0.25, 0.3) is 0 Å². The van der Waals surface area contributed by atoms with E-state index in [9.17, 15) is 18.0 Å². The number of benzene rings is 1. The summed E-state index contributed by atoms with van der Waals surface area (Å²) in [6.07, 6.45) is -1.95. The maximum atomic E-state index is 12.8. The molecular weight excluding hydrogens is 311 g/mol. The summed E-state index contributed by atoms with van der Waals surface area (Å²) < 4.78 is 43.3. The Labute approximate surface area is 129 Å². The molecule has 0 saturated carbocycles. The SMILES string of the molecule is N#Cc1cnccc1NC(=O)COc1ccccc1C(F)(F)F. The van der Waals surface area contributed by atoms with Gasteiger partial charge in [0.2, 0.25) is 0 Å². The van der Waals surface area contributed by atoms with E-state index in [1.807, 2.05) is 6.07 Å². The summed E-state index contributed by atoms with van der Waals surface area (Å²) in [6, 6.07) is 7.84. The lowest BCUT2D eigenvalue weighted by Gasteiger charge is -2.13. The molecular formula is C15H10F3N3O2. The number of carbonyl (C=O) groups is 1. The Balaban J connectivity index is 2.05. The summed E-state index contributed by atoms with van der Waals surface area (Å²) in [5.41, 5.74) is -0.619. The van der Waals surface area contributed by atoms with Crippen LogP contribution in [0, 0.1) is 11.3 Å². The van der Waals surface area contributed by atoms with Crippen LogP contribution in [0.15, 0.2) is 42.7 Å². The van der Waals surface area contributed by atoms with Crippen LogP contribution >= 0.6 is 0 Å². The smallest absolute Gasteiger partial charge is 0.419 e. The number of hydrogen-bond acceptors (Lipinski definition) is 4. The highest BCUT2D eigenvalue weighted by Gasteiger charge is 2.34. The highest BCUT2D eigenvalue weighted by atomic mass is 19.4. The fourth-order valence-electron chi connectivity index (χ4n) is 1.75. The predicted molar refractivity (Wildman–Crippen MR) is 74.5 cm³/mol. The number of nitrogens with zero attached hydrogens (tertiary/aromatic N) is 2. The molecule has 118 valence electrons. The molecule has 0 atom stereocenters. The number of carbonyl (C=O) groups excluding carboxylic acids is 1. The zero-order chi connectivity index (χ0) is 16.9. The number of halogens is 3. The number of anilines is 1. The van der Waals surface area contributed by atoms with Crippen LogP contribution < -0.4 is 10.1 Å².